The molecule has 1 aliphatic rings. The summed E-state index contributed by atoms with van der Waals surface area (Å²) < 4.78 is 0. The van der Waals surface area contributed by atoms with Crippen molar-refractivity contribution >= 4 is 5.91 Å². The first-order chi connectivity index (χ1) is 8.70. The van der Waals surface area contributed by atoms with Gasteiger partial charge in [-0.25, -0.2) is 0 Å². The Morgan fingerprint density at radius 3 is 2.89 bits per heavy atom. The minimum atomic E-state index is -0.281. The molecule has 0 radical (unpaired) electrons. The van der Waals surface area contributed by atoms with Crippen LogP contribution in [-0.4, -0.2) is 29.1 Å². The van der Waals surface area contributed by atoms with Crippen LogP contribution >= 0.6 is 0 Å². The third-order valence-corrected chi connectivity index (χ3v) is 3.59. The lowest BCUT2D eigenvalue weighted by molar-refractivity contribution is 0.0932. The van der Waals surface area contributed by atoms with E-state index in [1.165, 1.54) is 6.07 Å². The number of rotatable bonds is 4. The van der Waals surface area contributed by atoms with Crippen molar-refractivity contribution in [3.8, 4) is 0 Å². The molecule has 5 heteroatoms. The average molecular weight is 250 g/mol. The van der Waals surface area contributed by atoms with Crippen LogP contribution in [0, 0.1) is 11.8 Å². The summed E-state index contributed by atoms with van der Waals surface area (Å²) in [5.41, 5.74) is -0.00204. The van der Waals surface area contributed by atoms with Crippen LogP contribution in [0.3, 0.4) is 0 Å². The molecule has 2 unspecified atom stereocenters. The molecule has 1 fully saturated rings. The molecule has 18 heavy (non-hydrogen) atoms. The number of carbonyl (C=O) groups is 1. The summed E-state index contributed by atoms with van der Waals surface area (Å²) in [6.45, 7) is 0.740. The van der Waals surface area contributed by atoms with Crippen LogP contribution in [0.15, 0.2) is 23.0 Å². The van der Waals surface area contributed by atoms with E-state index in [-0.39, 0.29) is 23.8 Å². The monoisotopic (exact) mass is 250 g/mol. The molecule has 2 rings (SSSR count). The molecule has 1 amide bonds. The van der Waals surface area contributed by atoms with Crippen molar-refractivity contribution in [2.45, 2.75) is 19.3 Å². The standard InChI is InChI=1S/C13H18N2O3/c16-8-10-4-1-3-9(10)7-14-13(18)11-5-2-6-12(17)15-11/h2,5-6,9-10,16H,1,3-4,7-8H2,(H,14,18)(H,15,17). The molecule has 1 aliphatic carbocycles. The first-order valence-electron chi connectivity index (χ1n) is 6.29. The normalized spacial score (nSPS) is 22.9. The van der Waals surface area contributed by atoms with Crippen LogP contribution in [0.25, 0.3) is 0 Å². The number of hydrogen-bond donors (Lipinski definition) is 3. The van der Waals surface area contributed by atoms with Crippen LogP contribution in [0.1, 0.15) is 29.8 Å². The van der Waals surface area contributed by atoms with E-state index in [1.807, 2.05) is 0 Å². The third-order valence-electron chi connectivity index (χ3n) is 3.59. The Morgan fingerprint density at radius 1 is 1.39 bits per heavy atom. The molecule has 0 bridgehead atoms. The second-order valence-electron chi connectivity index (χ2n) is 4.77. The number of carbonyl (C=O) groups excluding carboxylic acids is 1. The lowest BCUT2D eigenvalue weighted by atomic mass is 9.97. The molecule has 5 nitrogen and oxygen atoms in total. The second-order valence-corrected chi connectivity index (χ2v) is 4.77. The smallest absolute Gasteiger partial charge is 0.267 e. The number of aliphatic hydroxyl groups excluding tert-OH is 1. The summed E-state index contributed by atoms with van der Waals surface area (Å²) in [4.78, 5) is 25.4. The van der Waals surface area contributed by atoms with Gasteiger partial charge in [-0.2, -0.15) is 0 Å². The summed E-state index contributed by atoms with van der Waals surface area (Å²) in [7, 11) is 0. The fourth-order valence-corrected chi connectivity index (χ4v) is 2.52. The number of nitrogens with one attached hydrogen (secondary N) is 2. The van der Waals surface area contributed by atoms with Gasteiger partial charge in [-0.1, -0.05) is 12.5 Å². The van der Waals surface area contributed by atoms with E-state index in [0.717, 1.165) is 19.3 Å². The largest absolute Gasteiger partial charge is 0.396 e. The Kier molecular flexibility index (Phi) is 4.15. The van der Waals surface area contributed by atoms with E-state index in [4.69, 9.17) is 0 Å². The topological polar surface area (TPSA) is 82.2 Å². The summed E-state index contributed by atoms with van der Waals surface area (Å²) >= 11 is 0. The van der Waals surface area contributed by atoms with E-state index in [1.54, 1.807) is 12.1 Å². The Balaban J connectivity index is 1.90. The van der Waals surface area contributed by atoms with Gasteiger partial charge in [0.1, 0.15) is 5.69 Å². The molecule has 0 saturated heterocycles. The van der Waals surface area contributed by atoms with Crippen molar-refractivity contribution in [3.63, 3.8) is 0 Å². The zero-order valence-corrected chi connectivity index (χ0v) is 10.2. The van der Waals surface area contributed by atoms with Crippen LogP contribution in [0.2, 0.25) is 0 Å². The molecule has 1 saturated carbocycles. The molecule has 0 spiro atoms. The van der Waals surface area contributed by atoms with Crippen molar-refractivity contribution in [2.75, 3.05) is 13.2 Å². The lowest BCUT2D eigenvalue weighted by Gasteiger charge is -2.17. The van der Waals surface area contributed by atoms with Crippen molar-refractivity contribution in [3.05, 3.63) is 34.2 Å². The van der Waals surface area contributed by atoms with Crippen LogP contribution in [0.5, 0.6) is 0 Å². The van der Waals surface area contributed by atoms with Gasteiger partial charge >= 0.3 is 0 Å². The van der Waals surface area contributed by atoms with Crippen molar-refractivity contribution in [1.29, 1.82) is 0 Å². The van der Waals surface area contributed by atoms with Gasteiger partial charge in [-0.05, 0) is 30.7 Å². The predicted octanol–water partition coefficient (Wildman–Crippen LogP) is 0.513. The maximum absolute atomic E-state index is 11.8. The number of aromatic amines is 1. The van der Waals surface area contributed by atoms with E-state index in [9.17, 15) is 14.7 Å². The molecule has 1 heterocycles. The Bertz CT molecular complexity index is 469. The summed E-state index contributed by atoms with van der Waals surface area (Å²) in [5.74, 6) is 0.366. The number of hydrogen-bond acceptors (Lipinski definition) is 3. The van der Waals surface area contributed by atoms with E-state index in [0.29, 0.717) is 18.4 Å². The minimum absolute atomic E-state index is 0.183. The van der Waals surface area contributed by atoms with Gasteiger partial charge in [0.15, 0.2) is 0 Å². The molecule has 0 aromatic carbocycles. The highest BCUT2D eigenvalue weighted by Crippen LogP contribution is 2.30. The summed E-state index contributed by atoms with van der Waals surface area (Å²) in [6.07, 6.45) is 3.17. The fraction of sp³-hybridized carbons (Fsp3) is 0.538. The molecule has 1 aromatic rings. The Hall–Kier alpha value is -1.62. The summed E-state index contributed by atoms with van der Waals surface area (Å²) in [6, 6.07) is 4.50. The quantitative estimate of drug-likeness (QED) is 0.728. The van der Waals surface area contributed by atoms with Gasteiger partial charge in [0.05, 0.1) is 0 Å². The molecular weight excluding hydrogens is 232 g/mol. The molecule has 2 atom stereocenters. The maximum Gasteiger partial charge on any atom is 0.267 e. The fourth-order valence-electron chi connectivity index (χ4n) is 2.52. The van der Waals surface area contributed by atoms with Crippen LogP contribution in [0.4, 0.5) is 0 Å². The highest BCUT2D eigenvalue weighted by Gasteiger charge is 2.26. The van der Waals surface area contributed by atoms with Gasteiger partial charge in [0.25, 0.3) is 5.91 Å². The number of pyridine rings is 1. The van der Waals surface area contributed by atoms with Gasteiger partial charge in [0.2, 0.25) is 5.56 Å². The second kappa shape index (κ2) is 5.82. The van der Waals surface area contributed by atoms with Crippen molar-refractivity contribution in [2.24, 2.45) is 11.8 Å². The first-order valence-corrected chi connectivity index (χ1v) is 6.29. The maximum atomic E-state index is 11.8. The van der Waals surface area contributed by atoms with Gasteiger partial charge in [-0.3, -0.25) is 9.59 Å². The molecule has 0 aliphatic heterocycles. The van der Waals surface area contributed by atoms with Crippen LogP contribution < -0.4 is 10.9 Å². The molecule has 1 aromatic heterocycles. The predicted molar refractivity (Wildman–Crippen MR) is 67.3 cm³/mol. The van der Waals surface area contributed by atoms with E-state index in [2.05, 4.69) is 10.3 Å². The number of aliphatic hydroxyl groups is 1. The van der Waals surface area contributed by atoms with Gasteiger partial charge in [-0.15, -0.1) is 0 Å². The lowest BCUT2D eigenvalue weighted by Crippen LogP contribution is -2.32. The highest BCUT2D eigenvalue weighted by atomic mass is 16.3. The Labute approximate surface area is 105 Å². The number of H-pyrrole nitrogens is 1. The zero-order valence-electron chi connectivity index (χ0n) is 10.2. The molecule has 98 valence electrons. The SMILES string of the molecule is O=C(NCC1CCCC1CO)c1cccc(=O)[nH]1. The van der Waals surface area contributed by atoms with E-state index < -0.39 is 0 Å². The number of aromatic nitrogens is 1. The van der Waals surface area contributed by atoms with Crippen molar-refractivity contribution in [1.82, 2.24) is 10.3 Å². The highest BCUT2D eigenvalue weighted by molar-refractivity contribution is 5.92. The third kappa shape index (κ3) is 2.98. The van der Waals surface area contributed by atoms with E-state index >= 15 is 0 Å². The molecule has 3 N–H and O–H groups in total. The first kappa shape index (κ1) is 12.8. The zero-order chi connectivity index (χ0) is 13.0. The Morgan fingerprint density at radius 2 is 2.17 bits per heavy atom. The van der Waals surface area contributed by atoms with Gasteiger partial charge < -0.3 is 15.4 Å². The average Bonchev–Trinajstić information content (AvgIpc) is 2.83. The minimum Gasteiger partial charge on any atom is -0.396 e. The number of amides is 1. The van der Waals surface area contributed by atoms with Crippen LogP contribution in [-0.2, 0) is 0 Å². The summed E-state index contributed by atoms with van der Waals surface area (Å²) in [5, 5.41) is 12.0. The van der Waals surface area contributed by atoms with Crippen molar-refractivity contribution < 1.29 is 9.90 Å². The van der Waals surface area contributed by atoms with Gasteiger partial charge in [0, 0.05) is 19.2 Å². The molecular formula is C13H18N2O3.